The molecular weight excluding hydrogens is 264 g/mol. The summed E-state index contributed by atoms with van der Waals surface area (Å²) >= 11 is 1.63. The first-order chi connectivity index (χ1) is 9.20. The number of hydrogen-bond donors (Lipinski definition) is 1. The standard InChI is InChI=1S/C13H12N2O3S/c1-8-4-9(15-18-8)7-19-10-2-3-12-11(5-10)14-13(16)6-17-12/h2-5H,6-7H2,1H3,(H,14,16). The third kappa shape index (κ3) is 2.73. The van der Waals surface area contributed by atoms with Crippen molar-refractivity contribution in [3.63, 3.8) is 0 Å². The molecule has 0 spiro atoms. The highest BCUT2D eigenvalue weighted by molar-refractivity contribution is 7.98. The maximum atomic E-state index is 11.3. The van der Waals surface area contributed by atoms with Crippen LogP contribution in [0.4, 0.5) is 5.69 Å². The van der Waals surface area contributed by atoms with E-state index in [1.807, 2.05) is 31.2 Å². The SMILES string of the molecule is Cc1cc(CSc2ccc3c(c2)NC(=O)CO3)no1. The van der Waals surface area contributed by atoms with Gasteiger partial charge in [-0.3, -0.25) is 4.79 Å². The summed E-state index contributed by atoms with van der Waals surface area (Å²) in [4.78, 5) is 12.3. The smallest absolute Gasteiger partial charge is 0.262 e. The summed E-state index contributed by atoms with van der Waals surface area (Å²) in [6.07, 6.45) is 0. The summed E-state index contributed by atoms with van der Waals surface area (Å²) in [6, 6.07) is 7.65. The molecule has 19 heavy (non-hydrogen) atoms. The average molecular weight is 276 g/mol. The van der Waals surface area contributed by atoms with Crippen molar-refractivity contribution < 1.29 is 14.1 Å². The molecule has 0 atom stereocenters. The molecule has 5 nitrogen and oxygen atoms in total. The van der Waals surface area contributed by atoms with Crippen LogP contribution in [0.1, 0.15) is 11.5 Å². The van der Waals surface area contributed by atoms with Crippen molar-refractivity contribution in [3.8, 4) is 5.75 Å². The van der Waals surface area contributed by atoms with Gasteiger partial charge in [-0.2, -0.15) is 0 Å². The van der Waals surface area contributed by atoms with Gasteiger partial charge >= 0.3 is 0 Å². The predicted octanol–water partition coefficient (Wildman–Crippen LogP) is 2.61. The maximum absolute atomic E-state index is 11.3. The van der Waals surface area contributed by atoms with Crippen molar-refractivity contribution in [2.45, 2.75) is 17.6 Å². The van der Waals surface area contributed by atoms with Crippen molar-refractivity contribution in [1.82, 2.24) is 5.16 Å². The fourth-order valence-electron chi connectivity index (χ4n) is 1.80. The Labute approximate surface area is 114 Å². The van der Waals surface area contributed by atoms with Crippen LogP contribution in [-0.2, 0) is 10.5 Å². The first kappa shape index (κ1) is 12.1. The molecular formula is C13H12N2O3S. The van der Waals surface area contributed by atoms with Gasteiger partial charge in [-0.25, -0.2) is 0 Å². The Kier molecular flexibility index (Phi) is 3.16. The summed E-state index contributed by atoms with van der Waals surface area (Å²) in [5.41, 5.74) is 1.62. The Morgan fingerprint density at radius 1 is 1.42 bits per heavy atom. The van der Waals surface area contributed by atoms with Crippen LogP contribution in [0.2, 0.25) is 0 Å². The lowest BCUT2D eigenvalue weighted by molar-refractivity contribution is -0.118. The topological polar surface area (TPSA) is 64.4 Å². The zero-order chi connectivity index (χ0) is 13.2. The van der Waals surface area contributed by atoms with Crippen molar-refractivity contribution in [1.29, 1.82) is 0 Å². The van der Waals surface area contributed by atoms with E-state index < -0.39 is 0 Å². The quantitative estimate of drug-likeness (QED) is 0.873. The number of aryl methyl sites for hydroxylation is 1. The van der Waals surface area contributed by atoms with E-state index in [1.165, 1.54) is 0 Å². The number of anilines is 1. The number of hydrogen-bond acceptors (Lipinski definition) is 5. The molecule has 2 aromatic rings. The van der Waals surface area contributed by atoms with E-state index in [0.29, 0.717) is 5.75 Å². The number of thioether (sulfide) groups is 1. The second-order valence-corrected chi connectivity index (χ2v) is 5.26. The summed E-state index contributed by atoms with van der Waals surface area (Å²) in [5.74, 6) is 2.12. The van der Waals surface area contributed by atoms with Crippen molar-refractivity contribution in [2.75, 3.05) is 11.9 Å². The highest BCUT2D eigenvalue weighted by atomic mass is 32.2. The highest BCUT2D eigenvalue weighted by Crippen LogP contribution is 2.33. The fraction of sp³-hybridized carbons (Fsp3) is 0.231. The molecule has 0 fully saturated rings. The Bertz CT molecular complexity index is 624. The van der Waals surface area contributed by atoms with Crippen LogP contribution >= 0.6 is 11.8 Å². The number of carbonyl (C=O) groups is 1. The van der Waals surface area contributed by atoms with E-state index >= 15 is 0 Å². The van der Waals surface area contributed by atoms with Gasteiger partial charge in [0.2, 0.25) is 0 Å². The van der Waals surface area contributed by atoms with Crippen LogP contribution in [0.5, 0.6) is 5.75 Å². The number of amides is 1. The van der Waals surface area contributed by atoms with Gasteiger partial charge < -0.3 is 14.6 Å². The van der Waals surface area contributed by atoms with Crippen molar-refractivity contribution >= 4 is 23.4 Å². The van der Waals surface area contributed by atoms with Crippen LogP contribution < -0.4 is 10.1 Å². The number of nitrogens with zero attached hydrogens (tertiary/aromatic N) is 1. The zero-order valence-corrected chi connectivity index (χ0v) is 11.1. The Hall–Kier alpha value is -1.95. The lowest BCUT2D eigenvalue weighted by Gasteiger charge is -2.18. The van der Waals surface area contributed by atoms with Crippen LogP contribution in [0.3, 0.4) is 0 Å². The van der Waals surface area contributed by atoms with E-state index in [9.17, 15) is 4.79 Å². The minimum Gasteiger partial charge on any atom is -0.482 e. The number of rotatable bonds is 3. The van der Waals surface area contributed by atoms with E-state index in [1.54, 1.807) is 11.8 Å². The minimum absolute atomic E-state index is 0.0811. The molecule has 6 heteroatoms. The van der Waals surface area contributed by atoms with Crippen molar-refractivity contribution in [2.24, 2.45) is 0 Å². The van der Waals surface area contributed by atoms with Gasteiger partial charge in [-0.15, -0.1) is 11.8 Å². The second kappa shape index (κ2) is 4.97. The summed E-state index contributed by atoms with van der Waals surface area (Å²) < 4.78 is 10.3. The Balaban J connectivity index is 1.71. The minimum atomic E-state index is -0.123. The predicted molar refractivity (Wildman–Crippen MR) is 71.4 cm³/mol. The fourth-order valence-corrected chi connectivity index (χ4v) is 2.61. The average Bonchev–Trinajstić information content (AvgIpc) is 2.81. The zero-order valence-electron chi connectivity index (χ0n) is 10.3. The van der Waals surface area contributed by atoms with Gasteiger partial charge in [0.15, 0.2) is 6.61 Å². The summed E-state index contributed by atoms with van der Waals surface area (Å²) in [6.45, 7) is 1.95. The van der Waals surface area contributed by atoms with Crippen LogP contribution in [0.15, 0.2) is 33.7 Å². The number of nitrogens with one attached hydrogen (secondary N) is 1. The monoisotopic (exact) mass is 276 g/mol. The van der Waals surface area contributed by atoms with Crippen LogP contribution in [0.25, 0.3) is 0 Å². The molecule has 1 N–H and O–H groups in total. The summed E-state index contributed by atoms with van der Waals surface area (Å²) in [5, 5.41) is 6.73. The second-order valence-electron chi connectivity index (χ2n) is 4.21. The lowest BCUT2D eigenvalue weighted by atomic mass is 10.2. The van der Waals surface area contributed by atoms with Crippen LogP contribution in [0, 0.1) is 6.92 Å². The molecule has 1 aliphatic heterocycles. The molecule has 2 heterocycles. The van der Waals surface area contributed by atoms with E-state index in [0.717, 1.165) is 27.8 Å². The molecule has 0 saturated heterocycles. The molecule has 0 radical (unpaired) electrons. The molecule has 1 aliphatic rings. The largest absolute Gasteiger partial charge is 0.482 e. The molecule has 0 saturated carbocycles. The Morgan fingerprint density at radius 2 is 2.32 bits per heavy atom. The first-order valence-electron chi connectivity index (χ1n) is 5.82. The molecule has 1 amide bonds. The number of fused-ring (bicyclic) bond motifs is 1. The highest BCUT2D eigenvalue weighted by Gasteiger charge is 2.16. The number of aromatic nitrogens is 1. The van der Waals surface area contributed by atoms with Gasteiger partial charge in [0.05, 0.1) is 11.4 Å². The molecule has 1 aromatic heterocycles. The van der Waals surface area contributed by atoms with Gasteiger partial charge in [-0.05, 0) is 25.1 Å². The first-order valence-corrected chi connectivity index (χ1v) is 6.81. The van der Waals surface area contributed by atoms with E-state index in [4.69, 9.17) is 9.26 Å². The van der Waals surface area contributed by atoms with Crippen LogP contribution in [-0.4, -0.2) is 17.7 Å². The molecule has 98 valence electrons. The van der Waals surface area contributed by atoms with Gasteiger partial charge in [0.25, 0.3) is 5.91 Å². The number of carbonyl (C=O) groups excluding carboxylic acids is 1. The van der Waals surface area contributed by atoms with Gasteiger partial charge in [-0.1, -0.05) is 5.16 Å². The molecule has 0 unspecified atom stereocenters. The molecule has 0 aliphatic carbocycles. The third-order valence-electron chi connectivity index (χ3n) is 2.65. The maximum Gasteiger partial charge on any atom is 0.262 e. The number of ether oxygens (including phenoxy) is 1. The van der Waals surface area contributed by atoms with E-state index in [2.05, 4.69) is 10.5 Å². The van der Waals surface area contributed by atoms with E-state index in [-0.39, 0.29) is 12.5 Å². The normalized spacial score (nSPS) is 13.6. The third-order valence-corrected chi connectivity index (χ3v) is 3.67. The summed E-state index contributed by atoms with van der Waals surface area (Å²) in [7, 11) is 0. The molecule has 0 bridgehead atoms. The molecule has 1 aromatic carbocycles. The number of benzene rings is 1. The Morgan fingerprint density at radius 3 is 3.11 bits per heavy atom. The van der Waals surface area contributed by atoms with Gasteiger partial charge in [0.1, 0.15) is 11.5 Å². The lowest BCUT2D eigenvalue weighted by Crippen LogP contribution is -2.25. The van der Waals surface area contributed by atoms with Crippen molar-refractivity contribution in [3.05, 3.63) is 35.7 Å². The van der Waals surface area contributed by atoms with Gasteiger partial charge in [0, 0.05) is 16.7 Å². The molecule has 3 rings (SSSR count).